The molecule has 0 radical (unpaired) electrons. The number of aryl methyl sites for hydroxylation is 2. The normalized spacial score (nSPS) is 20.3. The summed E-state index contributed by atoms with van der Waals surface area (Å²) in [6.07, 6.45) is 17.0. The van der Waals surface area contributed by atoms with Gasteiger partial charge in [-0.1, -0.05) is 153 Å². The maximum Gasteiger partial charge on any atom is 0.198 e. The lowest BCUT2D eigenvalue weighted by Crippen LogP contribution is -2.54. The van der Waals surface area contributed by atoms with E-state index < -0.39 is 0 Å². The van der Waals surface area contributed by atoms with E-state index in [0.29, 0.717) is 0 Å². The van der Waals surface area contributed by atoms with Gasteiger partial charge in [-0.15, -0.1) is 11.3 Å². The van der Waals surface area contributed by atoms with Gasteiger partial charge in [0.15, 0.2) is 7.28 Å². The molecular formula is C68H74BN3S. The van der Waals surface area contributed by atoms with Crippen molar-refractivity contribution >= 4 is 94.3 Å². The third-order valence-electron chi connectivity index (χ3n) is 19.3. The standard InChI is InChI=1S/C68H74BN3S/c1-9-11-13-21-43-27-30-45(31-28-43)70-55-39-49-48-38-52-53(66(5,6)36-35-65(52,3)4)42-61(48)73-60(49)41-47(55)50-40-59(72-57-26-18-16-24-51(57)67(7)33-19-20-34-68(67,72)8)62-46-23-15-17-25-56(46)71-58-32-29-44(22-14-12-10-2)37-54(58)69-63(50)64(62)71/h15-18,23-32,37-42,69-70H,9-14,19-22,33-36H2,1-8H3. The third kappa shape index (κ3) is 7.24. The van der Waals surface area contributed by atoms with Crippen LogP contribution in [0.3, 0.4) is 0 Å². The molecule has 9 aromatic rings. The molecule has 2 atom stereocenters. The van der Waals surface area contributed by atoms with Gasteiger partial charge < -0.3 is 14.8 Å². The quantitative estimate of drug-likeness (QED) is 0.0972. The van der Waals surface area contributed by atoms with Crippen LogP contribution in [0, 0.1) is 0 Å². The zero-order valence-corrected chi connectivity index (χ0v) is 45.8. The molecular weight excluding hydrogens is 902 g/mol. The van der Waals surface area contributed by atoms with Gasteiger partial charge in [-0.25, -0.2) is 0 Å². The molecule has 4 heterocycles. The van der Waals surface area contributed by atoms with Gasteiger partial charge in [-0.05, 0) is 169 Å². The molecule has 4 aliphatic rings. The van der Waals surface area contributed by atoms with Crippen LogP contribution in [0.25, 0.3) is 58.8 Å². The fraction of sp³-hybridized carbons (Fsp3) is 0.382. The maximum absolute atomic E-state index is 4.17. The Hall–Kier alpha value is -5.78. The summed E-state index contributed by atoms with van der Waals surface area (Å²) in [4.78, 5) is 2.86. The van der Waals surface area contributed by atoms with Crippen molar-refractivity contribution in [2.24, 2.45) is 0 Å². The molecule has 2 aromatic heterocycles. The van der Waals surface area contributed by atoms with E-state index in [1.54, 1.807) is 0 Å². The van der Waals surface area contributed by atoms with E-state index in [1.807, 2.05) is 11.3 Å². The summed E-state index contributed by atoms with van der Waals surface area (Å²) in [5, 5.41) is 9.66. The van der Waals surface area contributed by atoms with Crippen molar-refractivity contribution in [3.8, 4) is 16.8 Å². The summed E-state index contributed by atoms with van der Waals surface area (Å²) in [5.74, 6) is 0. The first-order valence-corrected chi connectivity index (χ1v) is 29.2. The van der Waals surface area contributed by atoms with Crippen molar-refractivity contribution in [2.75, 3.05) is 10.2 Å². The summed E-state index contributed by atoms with van der Waals surface area (Å²) in [5.41, 5.74) is 22.2. The van der Waals surface area contributed by atoms with Crippen LogP contribution < -0.4 is 21.1 Å². The fourth-order valence-electron chi connectivity index (χ4n) is 14.7. The summed E-state index contributed by atoms with van der Waals surface area (Å²) in [6.45, 7) is 19.7. The predicted octanol–water partition coefficient (Wildman–Crippen LogP) is 17.8. The highest BCUT2D eigenvalue weighted by atomic mass is 32.1. The van der Waals surface area contributed by atoms with E-state index in [2.05, 4.69) is 192 Å². The number of rotatable bonds is 12. The van der Waals surface area contributed by atoms with Gasteiger partial charge in [-0.2, -0.15) is 0 Å². The van der Waals surface area contributed by atoms with Crippen LogP contribution in [0.1, 0.15) is 160 Å². The minimum atomic E-state index is -0.102. The second-order valence-corrected chi connectivity index (χ2v) is 25.8. The van der Waals surface area contributed by atoms with E-state index in [0.717, 1.165) is 32.2 Å². The largest absolute Gasteiger partial charge is 0.355 e. The number of benzene rings is 7. The average molecular weight is 976 g/mol. The number of unbranched alkanes of at least 4 members (excludes halogenated alkanes) is 4. The molecule has 1 fully saturated rings. The summed E-state index contributed by atoms with van der Waals surface area (Å²) in [6, 6.07) is 48.7. The number of aromatic nitrogens is 1. The van der Waals surface area contributed by atoms with Crippen LogP contribution in [-0.4, -0.2) is 17.4 Å². The topological polar surface area (TPSA) is 20.2 Å². The molecule has 0 amide bonds. The summed E-state index contributed by atoms with van der Waals surface area (Å²) >= 11 is 2.00. The highest BCUT2D eigenvalue weighted by Gasteiger charge is 2.58. The number of para-hydroxylation sites is 2. The van der Waals surface area contributed by atoms with E-state index in [1.165, 1.54) is 185 Å². The molecule has 370 valence electrons. The van der Waals surface area contributed by atoms with Gasteiger partial charge in [0, 0.05) is 64.7 Å². The number of nitrogens with one attached hydrogen (secondary N) is 1. The molecule has 73 heavy (non-hydrogen) atoms. The maximum atomic E-state index is 4.17. The highest BCUT2D eigenvalue weighted by Crippen LogP contribution is 2.62. The Bertz CT molecular complexity index is 3660. The molecule has 1 saturated carbocycles. The molecule has 13 rings (SSSR count). The van der Waals surface area contributed by atoms with Crippen LogP contribution in [0.5, 0.6) is 0 Å². The SMILES string of the molecule is CCCCCc1ccc(Nc2cc3c(cc2-c2cc(N4c5ccccc5C5(C)CCCCC45C)c4c5ccccc5n5c4c2Bc2cc(CCCCC)ccc2-5)sc2cc4c(cc23)C(C)(C)CCC4(C)C)cc1. The lowest BCUT2D eigenvalue weighted by atomic mass is 9.58. The van der Waals surface area contributed by atoms with E-state index in [4.69, 9.17) is 0 Å². The lowest BCUT2D eigenvalue weighted by Gasteiger charge is -2.50. The molecule has 7 aromatic carbocycles. The number of fused-ring (bicyclic) bond motifs is 12. The van der Waals surface area contributed by atoms with Gasteiger partial charge in [0.2, 0.25) is 0 Å². The number of anilines is 4. The Morgan fingerprint density at radius 2 is 1.23 bits per heavy atom. The lowest BCUT2D eigenvalue weighted by molar-refractivity contribution is 0.195. The Morgan fingerprint density at radius 3 is 2.01 bits per heavy atom. The first-order valence-electron chi connectivity index (χ1n) is 28.3. The molecule has 1 N–H and O–H groups in total. The first-order chi connectivity index (χ1) is 35.3. The summed E-state index contributed by atoms with van der Waals surface area (Å²) in [7, 11) is 0.887. The first kappa shape index (κ1) is 47.0. The van der Waals surface area contributed by atoms with Gasteiger partial charge in [-0.3, -0.25) is 0 Å². The third-order valence-corrected chi connectivity index (χ3v) is 20.4. The van der Waals surface area contributed by atoms with Crippen LogP contribution in [-0.2, 0) is 29.1 Å². The molecule has 2 aliphatic carbocycles. The van der Waals surface area contributed by atoms with Crippen LogP contribution in [0.2, 0.25) is 0 Å². The fourth-order valence-corrected chi connectivity index (χ4v) is 15.9. The molecule has 2 unspecified atom stereocenters. The minimum absolute atomic E-state index is 0.0247. The van der Waals surface area contributed by atoms with Crippen molar-refractivity contribution in [2.45, 2.75) is 167 Å². The van der Waals surface area contributed by atoms with E-state index in [9.17, 15) is 0 Å². The van der Waals surface area contributed by atoms with Crippen molar-refractivity contribution in [1.82, 2.24) is 4.57 Å². The van der Waals surface area contributed by atoms with Gasteiger partial charge in [0.05, 0.1) is 22.3 Å². The van der Waals surface area contributed by atoms with Crippen LogP contribution in [0.15, 0.2) is 121 Å². The Morgan fingerprint density at radius 1 is 0.562 bits per heavy atom. The highest BCUT2D eigenvalue weighted by molar-refractivity contribution is 7.25. The van der Waals surface area contributed by atoms with Crippen molar-refractivity contribution in [1.29, 1.82) is 0 Å². The zero-order chi connectivity index (χ0) is 50.0. The smallest absolute Gasteiger partial charge is 0.198 e. The minimum Gasteiger partial charge on any atom is -0.355 e. The molecule has 2 aliphatic heterocycles. The molecule has 0 bridgehead atoms. The van der Waals surface area contributed by atoms with Gasteiger partial charge >= 0.3 is 0 Å². The van der Waals surface area contributed by atoms with Gasteiger partial charge in [0.1, 0.15) is 0 Å². The second kappa shape index (κ2) is 17.4. The molecule has 0 spiro atoms. The zero-order valence-electron chi connectivity index (χ0n) is 45.0. The number of hydrogen-bond acceptors (Lipinski definition) is 3. The Kier molecular flexibility index (Phi) is 11.2. The molecule has 0 saturated heterocycles. The monoisotopic (exact) mass is 976 g/mol. The average Bonchev–Trinajstić information content (AvgIpc) is 4.00. The van der Waals surface area contributed by atoms with Crippen LogP contribution in [0.4, 0.5) is 22.7 Å². The number of thiophene rings is 1. The second-order valence-electron chi connectivity index (χ2n) is 24.7. The van der Waals surface area contributed by atoms with E-state index >= 15 is 0 Å². The number of hydrogen-bond donors (Lipinski definition) is 1. The Balaban J connectivity index is 1.11. The number of nitrogens with zero attached hydrogens (tertiary/aromatic N) is 2. The predicted molar refractivity (Wildman–Crippen MR) is 320 cm³/mol. The summed E-state index contributed by atoms with van der Waals surface area (Å²) < 4.78 is 5.45. The molecule has 5 heteroatoms. The van der Waals surface area contributed by atoms with E-state index in [-0.39, 0.29) is 21.8 Å². The van der Waals surface area contributed by atoms with Crippen molar-refractivity contribution < 1.29 is 0 Å². The van der Waals surface area contributed by atoms with Crippen molar-refractivity contribution in [3.63, 3.8) is 0 Å². The Labute approximate surface area is 439 Å². The van der Waals surface area contributed by atoms with Gasteiger partial charge in [0.25, 0.3) is 0 Å². The van der Waals surface area contributed by atoms with Crippen molar-refractivity contribution in [3.05, 3.63) is 149 Å². The molecule has 3 nitrogen and oxygen atoms in total. The van der Waals surface area contributed by atoms with Crippen LogP contribution >= 0.6 is 11.3 Å².